The number of amides is 1. The van der Waals surface area contributed by atoms with Gasteiger partial charge in [-0.3, -0.25) is 14.9 Å². The summed E-state index contributed by atoms with van der Waals surface area (Å²) in [7, 11) is 0. The van der Waals surface area contributed by atoms with Gasteiger partial charge in [-0.1, -0.05) is 111 Å². The minimum atomic E-state index is -0.629. The molecular weight excluding hydrogens is 458 g/mol. The summed E-state index contributed by atoms with van der Waals surface area (Å²) in [6.07, 6.45) is 2.84. The van der Waals surface area contributed by atoms with E-state index in [0.717, 1.165) is 19.4 Å². The maximum absolute atomic E-state index is 12.6. The number of Topliss-reactive ketones (excluding diaryl/α,β-unsaturated/α-hetero) is 1. The minimum absolute atomic E-state index is 0.0301. The zero-order chi connectivity index (χ0) is 26.7. The van der Waals surface area contributed by atoms with Crippen LogP contribution in [0.5, 0.6) is 0 Å². The first-order valence-corrected chi connectivity index (χ1v) is 13.3. The molecule has 1 amide bonds. The molecule has 0 saturated heterocycles. The first-order valence-electron chi connectivity index (χ1n) is 13.3. The van der Waals surface area contributed by atoms with Gasteiger partial charge >= 0.3 is 0 Å². The van der Waals surface area contributed by atoms with Crippen molar-refractivity contribution in [1.82, 2.24) is 10.6 Å². The monoisotopic (exact) mass is 499 g/mol. The maximum Gasteiger partial charge on any atom is 0.237 e. The summed E-state index contributed by atoms with van der Waals surface area (Å²) in [4.78, 5) is 24.5. The fourth-order valence-corrected chi connectivity index (χ4v) is 4.84. The second-order valence-electron chi connectivity index (χ2n) is 10.2. The van der Waals surface area contributed by atoms with E-state index in [-0.39, 0.29) is 11.7 Å². The van der Waals surface area contributed by atoms with Gasteiger partial charge in [0.1, 0.15) is 0 Å². The van der Waals surface area contributed by atoms with E-state index in [9.17, 15) is 9.59 Å². The Labute approximate surface area is 221 Å². The molecule has 4 N–H and O–H groups in total. The molecule has 0 heterocycles. The van der Waals surface area contributed by atoms with Crippen LogP contribution in [0.1, 0.15) is 63.1 Å². The smallest absolute Gasteiger partial charge is 0.237 e. The maximum atomic E-state index is 12.6. The molecular formula is C32H41N3O2. The average molecular weight is 500 g/mol. The highest BCUT2D eigenvalue weighted by Crippen LogP contribution is 2.36. The van der Waals surface area contributed by atoms with E-state index in [1.807, 2.05) is 32.0 Å². The molecule has 3 aromatic carbocycles. The molecule has 37 heavy (non-hydrogen) atoms. The molecule has 196 valence electrons. The summed E-state index contributed by atoms with van der Waals surface area (Å²) in [5.41, 5.74) is 9.20. The van der Waals surface area contributed by atoms with E-state index in [1.54, 1.807) is 0 Å². The molecule has 2 atom stereocenters. The van der Waals surface area contributed by atoms with Crippen LogP contribution in [0.3, 0.4) is 0 Å². The third kappa shape index (κ3) is 7.61. The number of carbonyl (C=O) groups excluding carboxylic acids is 2. The van der Waals surface area contributed by atoms with Gasteiger partial charge in [-0.2, -0.15) is 0 Å². The SMILES string of the molecule is CC(=O)[C@@H](CC(C)C)NC(=O)[C@@H](N)CCCCNC(c1ccccc1)(c1ccccc1)c1ccccc1. The van der Waals surface area contributed by atoms with Crippen molar-refractivity contribution in [2.75, 3.05) is 6.54 Å². The molecule has 0 aliphatic carbocycles. The number of hydrogen-bond acceptors (Lipinski definition) is 4. The number of unbranched alkanes of at least 4 members (excludes halogenated alkanes) is 1. The lowest BCUT2D eigenvalue weighted by atomic mass is 9.77. The molecule has 5 heteroatoms. The molecule has 0 aliphatic rings. The summed E-state index contributed by atoms with van der Waals surface area (Å²) >= 11 is 0. The average Bonchev–Trinajstić information content (AvgIpc) is 2.91. The van der Waals surface area contributed by atoms with Crippen LogP contribution in [0.15, 0.2) is 91.0 Å². The first-order chi connectivity index (χ1) is 17.8. The van der Waals surface area contributed by atoms with Crippen molar-refractivity contribution in [2.24, 2.45) is 11.7 Å². The highest BCUT2D eigenvalue weighted by Gasteiger charge is 2.35. The van der Waals surface area contributed by atoms with Crippen LogP contribution < -0.4 is 16.4 Å². The van der Waals surface area contributed by atoms with Crippen LogP contribution >= 0.6 is 0 Å². The topological polar surface area (TPSA) is 84.2 Å². The van der Waals surface area contributed by atoms with Gasteiger partial charge in [-0.15, -0.1) is 0 Å². The largest absolute Gasteiger partial charge is 0.345 e. The van der Waals surface area contributed by atoms with Crippen molar-refractivity contribution in [3.8, 4) is 0 Å². The van der Waals surface area contributed by atoms with E-state index >= 15 is 0 Å². The molecule has 3 aromatic rings. The number of nitrogens with two attached hydrogens (primary N) is 1. The third-order valence-electron chi connectivity index (χ3n) is 6.80. The predicted octanol–water partition coefficient (Wildman–Crippen LogP) is 5.19. The number of ketones is 1. The Bertz CT molecular complexity index is 1000. The minimum Gasteiger partial charge on any atom is -0.345 e. The van der Waals surface area contributed by atoms with Crippen LogP contribution in [0, 0.1) is 5.92 Å². The second-order valence-corrected chi connectivity index (χ2v) is 10.2. The summed E-state index contributed by atoms with van der Waals surface area (Å²) in [5.74, 6) is 0.0362. The Hall–Kier alpha value is -3.28. The Kier molecular flexibility index (Phi) is 10.6. The standard InChI is InChI=1S/C32H41N3O2/c1-24(2)23-30(25(3)36)35-31(37)29(33)21-13-14-22-34-32(26-15-7-4-8-16-26,27-17-9-5-10-18-27)28-19-11-6-12-20-28/h4-12,15-20,24,29-30,34H,13-14,21-23,33H2,1-3H3,(H,35,37)/t29-,30+/m0/s1. The highest BCUT2D eigenvalue weighted by molar-refractivity contribution is 5.89. The second kappa shape index (κ2) is 13.9. The summed E-state index contributed by atoms with van der Waals surface area (Å²) < 4.78 is 0. The van der Waals surface area contributed by atoms with Crippen molar-refractivity contribution >= 4 is 11.7 Å². The van der Waals surface area contributed by atoms with E-state index < -0.39 is 17.6 Å². The molecule has 0 aliphatic heterocycles. The van der Waals surface area contributed by atoms with E-state index in [0.29, 0.717) is 18.8 Å². The lowest BCUT2D eigenvalue weighted by Gasteiger charge is -2.37. The summed E-state index contributed by atoms with van der Waals surface area (Å²) in [6, 6.07) is 30.4. The fraction of sp³-hybridized carbons (Fsp3) is 0.375. The van der Waals surface area contributed by atoms with Gasteiger partial charge in [-0.25, -0.2) is 0 Å². The summed E-state index contributed by atoms with van der Waals surface area (Å²) in [6.45, 7) is 6.34. The molecule has 0 unspecified atom stereocenters. The molecule has 0 aromatic heterocycles. The summed E-state index contributed by atoms with van der Waals surface area (Å²) in [5, 5.41) is 6.72. The fourth-order valence-electron chi connectivity index (χ4n) is 4.84. The first kappa shape index (κ1) is 28.3. The molecule has 0 spiro atoms. The van der Waals surface area contributed by atoms with Gasteiger partial charge in [0.05, 0.1) is 17.6 Å². The lowest BCUT2D eigenvalue weighted by molar-refractivity contribution is -0.128. The van der Waals surface area contributed by atoms with Crippen LogP contribution in [0.25, 0.3) is 0 Å². The van der Waals surface area contributed by atoms with Gasteiger partial charge < -0.3 is 11.1 Å². The number of rotatable bonds is 14. The molecule has 0 fully saturated rings. The Morgan fingerprint density at radius 3 is 1.65 bits per heavy atom. The third-order valence-corrected chi connectivity index (χ3v) is 6.80. The Morgan fingerprint density at radius 2 is 1.24 bits per heavy atom. The van der Waals surface area contributed by atoms with Gasteiger partial charge in [0.25, 0.3) is 0 Å². The quantitative estimate of drug-likeness (QED) is 0.211. The van der Waals surface area contributed by atoms with Gasteiger partial charge in [0.2, 0.25) is 5.91 Å². The van der Waals surface area contributed by atoms with Crippen molar-refractivity contribution in [2.45, 2.75) is 64.1 Å². The molecule has 0 bridgehead atoms. The Balaban J connectivity index is 1.69. The normalized spacial score (nSPS) is 13.2. The highest BCUT2D eigenvalue weighted by atomic mass is 16.2. The number of nitrogens with one attached hydrogen (secondary N) is 2. The van der Waals surface area contributed by atoms with Crippen molar-refractivity contribution in [3.05, 3.63) is 108 Å². The molecule has 0 saturated carbocycles. The van der Waals surface area contributed by atoms with Crippen LogP contribution in [-0.4, -0.2) is 30.3 Å². The van der Waals surface area contributed by atoms with Crippen molar-refractivity contribution in [1.29, 1.82) is 0 Å². The molecule has 0 radical (unpaired) electrons. The van der Waals surface area contributed by atoms with E-state index in [4.69, 9.17) is 5.73 Å². The van der Waals surface area contributed by atoms with Crippen LogP contribution in [-0.2, 0) is 15.1 Å². The van der Waals surface area contributed by atoms with E-state index in [1.165, 1.54) is 23.6 Å². The number of carbonyl (C=O) groups is 2. The van der Waals surface area contributed by atoms with E-state index in [2.05, 4.69) is 83.4 Å². The van der Waals surface area contributed by atoms with Gasteiger partial charge in [-0.05, 0) is 55.3 Å². The molecule has 5 nitrogen and oxygen atoms in total. The van der Waals surface area contributed by atoms with Crippen molar-refractivity contribution in [3.63, 3.8) is 0 Å². The zero-order valence-electron chi connectivity index (χ0n) is 22.3. The zero-order valence-corrected chi connectivity index (χ0v) is 22.3. The molecule has 3 rings (SSSR count). The number of benzene rings is 3. The van der Waals surface area contributed by atoms with Crippen molar-refractivity contribution < 1.29 is 9.59 Å². The number of hydrogen-bond donors (Lipinski definition) is 3. The van der Waals surface area contributed by atoms with Gasteiger partial charge in [0.15, 0.2) is 5.78 Å². The van der Waals surface area contributed by atoms with Gasteiger partial charge in [0, 0.05) is 0 Å². The van der Waals surface area contributed by atoms with Crippen LogP contribution in [0.2, 0.25) is 0 Å². The Morgan fingerprint density at radius 1 is 0.784 bits per heavy atom. The van der Waals surface area contributed by atoms with Crippen LogP contribution in [0.4, 0.5) is 0 Å². The lowest BCUT2D eigenvalue weighted by Crippen LogP contribution is -2.48. The predicted molar refractivity (Wildman–Crippen MR) is 151 cm³/mol.